The number of rotatable bonds is 60. The third-order valence-electron chi connectivity index (χ3n) is 19.0. The van der Waals surface area contributed by atoms with E-state index in [2.05, 4.69) is 67.8 Å². The number of hydrogen-bond acceptors (Lipinski definition) is 18. The molecular weight excluding hydrogens is 1230 g/mol. The van der Waals surface area contributed by atoms with Gasteiger partial charge in [-0.2, -0.15) is 0 Å². The smallest absolute Gasteiger partial charge is 0.220 e. The first kappa shape index (κ1) is 87.7. The Morgan fingerprint density at radius 2 is 0.698 bits per heavy atom. The molecule has 17 unspecified atom stereocenters. The Morgan fingerprint density at radius 3 is 1.10 bits per heavy atom. The summed E-state index contributed by atoms with van der Waals surface area (Å²) in [6.45, 7) is 1.70. The maximum atomic E-state index is 13.4. The summed E-state index contributed by atoms with van der Waals surface area (Å²) in [4.78, 5) is 13.4. The van der Waals surface area contributed by atoms with Crippen molar-refractivity contribution >= 4 is 5.91 Å². The van der Waals surface area contributed by atoms with Crippen LogP contribution in [0.4, 0.5) is 0 Å². The van der Waals surface area contributed by atoms with Crippen molar-refractivity contribution in [1.29, 1.82) is 0 Å². The minimum Gasteiger partial charge on any atom is -0.394 e. The number of nitrogens with one attached hydrogen (secondary N) is 1. The van der Waals surface area contributed by atoms with E-state index in [1.807, 2.05) is 6.08 Å². The first-order valence-electron chi connectivity index (χ1n) is 38.5. The van der Waals surface area contributed by atoms with Gasteiger partial charge in [-0.1, -0.05) is 267 Å². The lowest BCUT2D eigenvalue weighted by molar-refractivity contribution is -0.379. The first-order valence-corrected chi connectivity index (χ1v) is 38.5. The van der Waals surface area contributed by atoms with Crippen LogP contribution in [0, 0.1) is 0 Å². The van der Waals surface area contributed by atoms with Gasteiger partial charge < -0.3 is 89.9 Å². The Hall–Kier alpha value is -2.51. The maximum Gasteiger partial charge on any atom is 0.220 e. The molecule has 3 saturated heterocycles. The Labute approximate surface area is 579 Å². The van der Waals surface area contributed by atoms with Gasteiger partial charge in [0, 0.05) is 6.42 Å². The molecule has 0 aromatic rings. The largest absolute Gasteiger partial charge is 0.394 e. The van der Waals surface area contributed by atoms with Gasteiger partial charge in [0.05, 0.1) is 38.6 Å². The zero-order chi connectivity index (χ0) is 69.6. The van der Waals surface area contributed by atoms with E-state index < -0.39 is 124 Å². The van der Waals surface area contributed by atoms with Crippen LogP contribution in [0.15, 0.2) is 60.8 Å². The fraction of sp³-hybridized carbons (Fsp3) is 0.857. The highest BCUT2D eigenvalue weighted by molar-refractivity contribution is 5.76. The van der Waals surface area contributed by atoms with E-state index in [-0.39, 0.29) is 18.9 Å². The average molecular weight is 1370 g/mol. The molecule has 0 saturated carbocycles. The fourth-order valence-electron chi connectivity index (χ4n) is 12.8. The van der Waals surface area contributed by atoms with E-state index in [9.17, 15) is 61.0 Å². The highest BCUT2D eigenvalue weighted by Gasteiger charge is 2.53. The molecule has 0 spiro atoms. The molecule has 12 N–H and O–H groups in total. The molecule has 0 aromatic heterocycles. The van der Waals surface area contributed by atoms with Crippen LogP contribution < -0.4 is 5.32 Å². The van der Waals surface area contributed by atoms with Gasteiger partial charge >= 0.3 is 0 Å². The summed E-state index contributed by atoms with van der Waals surface area (Å²) in [7, 11) is 0. The van der Waals surface area contributed by atoms with Gasteiger partial charge in [0.1, 0.15) is 73.2 Å². The molecule has 19 nitrogen and oxygen atoms in total. The van der Waals surface area contributed by atoms with Crippen LogP contribution in [0.5, 0.6) is 0 Å². The van der Waals surface area contributed by atoms with Crippen molar-refractivity contribution in [3.63, 3.8) is 0 Å². The molecule has 3 heterocycles. The topological polar surface area (TPSA) is 307 Å². The lowest BCUT2D eigenvalue weighted by Gasteiger charge is -2.48. The fourth-order valence-corrected chi connectivity index (χ4v) is 12.8. The van der Waals surface area contributed by atoms with Crippen LogP contribution >= 0.6 is 0 Å². The molecule has 3 aliphatic heterocycles. The Kier molecular flexibility index (Phi) is 53.0. The van der Waals surface area contributed by atoms with Crippen molar-refractivity contribution in [3.8, 4) is 0 Å². The Bertz CT molecular complexity index is 1970. The highest BCUT2D eigenvalue weighted by atomic mass is 16.8. The van der Waals surface area contributed by atoms with Crippen LogP contribution in [0.3, 0.4) is 0 Å². The van der Waals surface area contributed by atoms with Gasteiger partial charge in [-0.05, 0) is 77.0 Å². The van der Waals surface area contributed by atoms with Crippen molar-refractivity contribution in [2.45, 2.75) is 394 Å². The zero-order valence-corrected chi connectivity index (χ0v) is 59.6. The Morgan fingerprint density at radius 1 is 0.375 bits per heavy atom. The number of unbranched alkanes of at least 4 members (excludes halogenated alkanes) is 36. The van der Waals surface area contributed by atoms with E-state index in [0.717, 1.165) is 51.4 Å². The summed E-state index contributed by atoms with van der Waals surface area (Å²) >= 11 is 0. The molecule has 3 aliphatic rings. The summed E-state index contributed by atoms with van der Waals surface area (Å²) in [6.07, 6.45) is 46.6. The van der Waals surface area contributed by atoms with E-state index in [4.69, 9.17) is 28.4 Å². The second kappa shape index (κ2) is 58.0. The number of carbonyl (C=O) groups is 1. The summed E-state index contributed by atoms with van der Waals surface area (Å²) in [6, 6.07) is -0.997. The van der Waals surface area contributed by atoms with Gasteiger partial charge in [0.2, 0.25) is 5.91 Å². The van der Waals surface area contributed by atoms with Gasteiger partial charge in [-0.15, -0.1) is 0 Å². The third kappa shape index (κ3) is 38.5. The van der Waals surface area contributed by atoms with Crippen molar-refractivity contribution < 1.29 is 89.4 Å². The van der Waals surface area contributed by atoms with Crippen LogP contribution in [0.25, 0.3) is 0 Å². The van der Waals surface area contributed by atoms with Gasteiger partial charge in [0.25, 0.3) is 0 Å². The van der Waals surface area contributed by atoms with E-state index in [1.165, 1.54) is 205 Å². The van der Waals surface area contributed by atoms with E-state index in [1.54, 1.807) is 6.08 Å². The van der Waals surface area contributed by atoms with E-state index >= 15 is 0 Å². The van der Waals surface area contributed by atoms with Crippen molar-refractivity contribution in [3.05, 3.63) is 60.8 Å². The Balaban J connectivity index is 1.34. The minimum atomic E-state index is -1.98. The number of aliphatic hydroxyl groups is 11. The second-order valence-corrected chi connectivity index (χ2v) is 27.4. The molecule has 3 fully saturated rings. The number of hydrogen-bond donors (Lipinski definition) is 12. The SMILES string of the molecule is CCCCCCC/C=C\C/C=C\CCCCCCCCCCCCCCCCCCCCCCCCCC(=O)NC(COC1OC(CO)C(OC2OC(CO)C(OC3OC(CO)C(O)C(O)C3O)C(O)C2O)C(O)C1O)C(O)/C=C/CC/C=C/CC/C=C/CCCCCCCC. The zero-order valence-electron chi connectivity index (χ0n) is 59.6. The van der Waals surface area contributed by atoms with Crippen LogP contribution in [-0.2, 0) is 33.2 Å². The average Bonchev–Trinajstić information content (AvgIpc) is 0.798. The number of carbonyl (C=O) groups excluding carboxylic acids is 1. The second-order valence-electron chi connectivity index (χ2n) is 27.4. The van der Waals surface area contributed by atoms with Crippen molar-refractivity contribution in [2.24, 2.45) is 0 Å². The number of ether oxygens (including phenoxy) is 6. The van der Waals surface area contributed by atoms with Crippen LogP contribution in [0.1, 0.15) is 290 Å². The molecular formula is C77H139NO18. The molecule has 3 rings (SSSR count). The molecule has 96 heavy (non-hydrogen) atoms. The van der Waals surface area contributed by atoms with Gasteiger partial charge in [-0.3, -0.25) is 4.79 Å². The van der Waals surface area contributed by atoms with E-state index in [0.29, 0.717) is 12.8 Å². The standard InChI is InChI=1S/C77H139NO18/c1-3-5-7-9-11-13-15-17-19-21-22-23-24-25-26-27-28-29-30-31-32-33-34-35-36-37-38-39-41-43-45-47-49-51-53-55-65(83)78-60(61(82)54-52-50-48-46-44-42-40-20-18-16-14-12-10-8-6-4-2)59-91-75-71(89)68(86)73(63(57-80)93-75)96-77-72(90)69(87)74(64(58-81)94-77)95-76-70(88)67(85)66(84)62(56-79)92-76/h15,17-18,20-22,44,46,52,54,60-64,66-77,79-82,84-90H,3-14,16,19,23-43,45,47-51,53,55-59H2,1-2H3,(H,78,83)/b17-15-,20-18+,22-21-,46-44+,54-52+. The monoisotopic (exact) mass is 1370 g/mol. The van der Waals surface area contributed by atoms with Crippen LogP contribution in [0.2, 0.25) is 0 Å². The van der Waals surface area contributed by atoms with Gasteiger partial charge in [-0.25, -0.2) is 0 Å². The summed E-state index contributed by atoms with van der Waals surface area (Å²) in [5.41, 5.74) is 0. The number of aliphatic hydroxyl groups excluding tert-OH is 11. The lowest BCUT2D eigenvalue weighted by atomic mass is 9.96. The highest BCUT2D eigenvalue weighted by Crippen LogP contribution is 2.33. The molecule has 0 aliphatic carbocycles. The molecule has 0 radical (unpaired) electrons. The lowest BCUT2D eigenvalue weighted by Crippen LogP contribution is -2.66. The third-order valence-corrected chi connectivity index (χ3v) is 19.0. The molecule has 19 heteroatoms. The molecule has 1 amide bonds. The molecule has 0 bridgehead atoms. The quantitative estimate of drug-likeness (QED) is 0.0199. The first-order chi connectivity index (χ1) is 46.8. The number of amides is 1. The van der Waals surface area contributed by atoms with Crippen molar-refractivity contribution in [1.82, 2.24) is 5.32 Å². The van der Waals surface area contributed by atoms with Crippen molar-refractivity contribution in [2.75, 3.05) is 26.4 Å². The van der Waals surface area contributed by atoms with Gasteiger partial charge in [0.15, 0.2) is 18.9 Å². The molecule has 560 valence electrons. The molecule has 17 atom stereocenters. The number of allylic oxidation sites excluding steroid dienone is 9. The van der Waals surface area contributed by atoms with Crippen LogP contribution in [-0.4, -0.2) is 193 Å². The normalized spacial score (nSPS) is 27.4. The maximum absolute atomic E-state index is 13.4. The predicted octanol–water partition coefficient (Wildman–Crippen LogP) is 11.9. The summed E-state index contributed by atoms with van der Waals surface area (Å²) in [5.74, 6) is -0.287. The minimum absolute atomic E-state index is 0.234. The summed E-state index contributed by atoms with van der Waals surface area (Å²) in [5, 5.41) is 121. The summed E-state index contributed by atoms with van der Waals surface area (Å²) < 4.78 is 34.4. The molecule has 0 aromatic carbocycles. The predicted molar refractivity (Wildman–Crippen MR) is 379 cm³/mol.